The van der Waals surface area contributed by atoms with Gasteiger partial charge in [-0.05, 0) is 48.8 Å². The highest BCUT2D eigenvalue weighted by atomic mass is 32.1. The minimum absolute atomic E-state index is 0.0667. The molecule has 0 saturated carbocycles. The van der Waals surface area contributed by atoms with Gasteiger partial charge in [-0.1, -0.05) is 24.3 Å². The summed E-state index contributed by atoms with van der Waals surface area (Å²) < 4.78 is 1.06. The second kappa shape index (κ2) is 7.01. The number of rotatable bonds is 5. The Morgan fingerprint density at radius 2 is 1.69 bits per heavy atom. The third kappa shape index (κ3) is 3.45. The molecule has 4 rings (SSSR count). The summed E-state index contributed by atoms with van der Waals surface area (Å²) >= 11 is 1.54. The van der Waals surface area contributed by atoms with E-state index in [-0.39, 0.29) is 6.42 Å². The molecule has 0 aliphatic heterocycles. The van der Waals surface area contributed by atoms with Crippen molar-refractivity contribution in [3.8, 4) is 0 Å². The molecule has 0 unspecified atom stereocenters. The zero-order chi connectivity index (χ0) is 17.9. The third-order valence-corrected chi connectivity index (χ3v) is 5.07. The highest BCUT2D eigenvalue weighted by molar-refractivity contribution is 7.19. The number of carboxylic acid groups (broad SMARTS) is 1. The Balaban J connectivity index is 1.77. The Bertz CT molecular complexity index is 1100. The van der Waals surface area contributed by atoms with E-state index in [4.69, 9.17) is 0 Å². The number of aliphatic carboxylic acids is 1. The number of hydrogen-bond acceptors (Lipinski definition) is 6. The van der Waals surface area contributed by atoms with Gasteiger partial charge in [0.2, 0.25) is 0 Å². The lowest BCUT2D eigenvalue weighted by Crippen LogP contribution is -2.21. The number of thiazole rings is 1. The Morgan fingerprint density at radius 1 is 0.962 bits per heavy atom. The van der Waals surface area contributed by atoms with Crippen LogP contribution in [0, 0.1) is 0 Å². The van der Waals surface area contributed by atoms with Crippen molar-refractivity contribution in [1.82, 2.24) is 15.0 Å². The maximum absolute atomic E-state index is 11.0. The van der Waals surface area contributed by atoms with E-state index >= 15 is 0 Å². The topological polar surface area (TPSA) is 78.8 Å². The van der Waals surface area contributed by atoms with Gasteiger partial charge >= 0.3 is 0 Å². The molecule has 0 atom stereocenters. The van der Waals surface area contributed by atoms with Crippen LogP contribution >= 0.6 is 11.3 Å². The van der Waals surface area contributed by atoms with Gasteiger partial charge in [0, 0.05) is 5.97 Å². The van der Waals surface area contributed by atoms with Crippen molar-refractivity contribution >= 4 is 50.2 Å². The van der Waals surface area contributed by atoms with Crippen molar-refractivity contribution in [3.05, 3.63) is 65.4 Å². The van der Waals surface area contributed by atoms with Crippen molar-refractivity contribution in [1.29, 1.82) is 0 Å². The fourth-order valence-corrected chi connectivity index (χ4v) is 3.72. The van der Waals surface area contributed by atoms with Crippen molar-refractivity contribution in [2.75, 3.05) is 0 Å². The minimum Gasteiger partial charge on any atom is -0.550 e. The van der Waals surface area contributed by atoms with E-state index in [9.17, 15) is 9.90 Å². The molecule has 0 bridgehead atoms. The first-order valence-corrected chi connectivity index (χ1v) is 8.99. The lowest BCUT2D eigenvalue weighted by Gasteiger charge is -2.06. The minimum atomic E-state index is -1.08. The Hall–Kier alpha value is -3.12. The fourth-order valence-electron chi connectivity index (χ4n) is 2.71. The highest BCUT2D eigenvalue weighted by Crippen LogP contribution is 2.30. The van der Waals surface area contributed by atoms with Crippen LogP contribution in [0.25, 0.3) is 32.9 Å². The van der Waals surface area contributed by atoms with Gasteiger partial charge in [0.05, 0.1) is 33.1 Å². The Kier molecular flexibility index (Phi) is 4.41. The summed E-state index contributed by atoms with van der Waals surface area (Å²) in [6, 6.07) is 15.5. The number of allylic oxidation sites excluding steroid dienone is 1. The van der Waals surface area contributed by atoms with Gasteiger partial charge in [0.1, 0.15) is 5.01 Å². The van der Waals surface area contributed by atoms with E-state index in [0.29, 0.717) is 12.1 Å². The maximum Gasteiger partial charge on any atom is 0.120 e. The SMILES string of the molecule is O=C([O-])CC/C(=C\c1cnc2ccccc2n1)c1nc2ccccc2s1. The van der Waals surface area contributed by atoms with Gasteiger partial charge in [-0.15, -0.1) is 11.3 Å². The summed E-state index contributed by atoms with van der Waals surface area (Å²) in [5.74, 6) is -1.08. The van der Waals surface area contributed by atoms with E-state index in [1.807, 2.05) is 54.6 Å². The van der Waals surface area contributed by atoms with Gasteiger partial charge < -0.3 is 9.90 Å². The van der Waals surface area contributed by atoms with Crippen LogP contribution in [0.15, 0.2) is 54.7 Å². The summed E-state index contributed by atoms with van der Waals surface area (Å²) in [6.07, 6.45) is 3.81. The lowest BCUT2D eigenvalue weighted by molar-refractivity contribution is -0.305. The first-order valence-electron chi connectivity index (χ1n) is 8.17. The number of benzene rings is 2. The van der Waals surface area contributed by atoms with Crippen LogP contribution < -0.4 is 5.11 Å². The molecule has 2 aromatic heterocycles. The van der Waals surface area contributed by atoms with Gasteiger partial charge in [-0.3, -0.25) is 4.98 Å². The van der Waals surface area contributed by atoms with Crippen LogP contribution in [0.2, 0.25) is 0 Å². The van der Waals surface area contributed by atoms with Gasteiger partial charge in [0.15, 0.2) is 0 Å². The quantitative estimate of drug-likeness (QED) is 0.545. The molecular formula is C20H14N3O2S-. The molecule has 0 amide bonds. The van der Waals surface area contributed by atoms with Crippen LogP contribution in [0.1, 0.15) is 23.5 Å². The molecule has 26 heavy (non-hydrogen) atoms. The molecule has 5 nitrogen and oxygen atoms in total. The van der Waals surface area contributed by atoms with E-state index in [1.54, 1.807) is 6.20 Å². The molecule has 0 aliphatic rings. The second-order valence-corrected chi connectivity index (χ2v) is 6.84. The predicted octanol–water partition coefficient (Wildman–Crippen LogP) is 3.31. The Morgan fingerprint density at radius 3 is 2.46 bits per heavy atom. The first-order chi connectivity index (χ1) is 12.7. The van der Waals surface area contributed by atoms with Crippen molar-refractivity contribution in [2.45, 2.75) is 12.8 Å². The number of carboxylic acids is 1. The molecule has 0 fully saturated rings. The van der Waals surface area contributed by atoms with Crippen LogP contribution in [0.3, 0.4) is 0 Å². The normalized spacial score (nSPS) is 11.9. The van der Waals surface area contributed by atoms with Crippen LogP contribution in [0.4, 0.5) is 0 Å². The number of carbonyl (C=O) groups excluding carboxylic acids is 1. The average Bonchev–Trinajstić information content (AvgIpc) is 3.09. The summed E-state index contributed by atoms with van der Waals surface area (Å²) in [5, 5.41) is 11.7. The average molecular weight is 360 g/mol. The molecule has 0 saturated heterocycles. The summed E-state index contributed by atoms with van der Waals surface area (Å²) in [6.45, 7) is 0. The monoisotopic (exact) mass is 360 g/mol. The number of nitrogens with zero attached hydrogens (tertiary/aromatic N) is 3. The Labute approximate surface area is 153 Å². The summed E-state index contributed by atoms with van der Waals surface area (Å²) in [7, 11) is 0. The van der Waals surface area contributed by atoms with E-state index < -0.39 is 5.97 Å². The number of para-hydroxylation sites is 3. The molecule has 2 aromatic carbocycles. The molecule has 0 aliphatic carbocycles. The maximum atomic E-state index is 11.0. The largest absolute Gasteiger partial charge is 0.550 e. The first kappa shape index (κ1) is 16.4. The molecule has 128 valence electrons. The van der Waals surface area contributed by atoms with E-state index in [0.717, 1.165) is 31.8 Å². The smallest absolute Gasteiger partial charge is 0.120 e. The van der Waals surface area contributed by atoms with E-state index in [1.165, 1.54) is 11.3 Å². The number of carbonyl (C=O) groups is 1. The zero-order valence-corrected chi connectivity index (χ0v) is 14.6. The van der Waals surface area contributed by atoms with Gasteiger partial charge in [-0.25, -0.2) is 9.97 Å². The fraction of sp³-hybridized carbons (Fsp3) is 0.100. The van der Waals surface area contributed by atoms with Crippen molar-refractivity contribution in [3.63, 3.8) is 0 Å². The predicted molar refractivity (Wildman–Crippen MR) is 101 cm³/mol. The van der Waals surface area contributed by atoms with Gasteiger partial charge in [-0.2, -0.15) is 0 Å². The molecule has 2 heterocycles. The highest BCUT2D eigenvalue weighted by Gasteiger charge is 2.10. The summed E-state index contributed by atoms with van der Waals surface area (Å²) in [5.41, 5.74) is 4.01. The van der Waals surface area contributed by atoms with Crippen molar-refractivity contribution < 1.29 is 9.90 Å². The summed E-state index contributed by atoms with van der Waals surface area (Å²) in [4.78, 5) is 24.6. The standard InChI is InChI=1S/C20H15N3O2S/c24-19(25)10-9-13(20-23-17-7-3-4-8-18(17)26-20)11-14-12-21-15-5-1-2-6-16(15)22-14/h1-8,11-12H,9-10H2,(H,24,25)/p-1/b13-11+. The zero-order valence-electron chi connectivity index (χ0n) is 13.8. The van der Waals surface area contributed by atoms with Crippen LogP contribution in [-0.2, 0) is 4.79 Å². The van der Waals surface area contributed by atoms with Gasteiger partial charge in [0.25, 0.3) is 0 Å². The molecule has 0 spiro atoms. The number of hydrogen-bond donors (Lipinski definition) is 0. The molecule has 4 aromatic rings. The third-order valence-electron chi connectivity index (χ3n) is 3.96. The molecular weight excluding hydrogens is 346 g/mol. The molecule has 0 N–H and O–H groups in total. The van der Waals surface area contributed by atoms with E-state index in [2.05, 4.69) is 15.0 Å². The van der Waals surface area contributed by atoms with Crippen LogP contribution in [0.5, 0.6) is 0 Å². The molecule has 0 radical (unpaired) electrons. The second-order valence-electron chi connectivity index (χ2n) is 5.81. The van der Waals surface area contributed by atoms with Crippen LogP contribution in [-0.4, -0.2) is 20.9 Å². The number of aromatic nitrogens is 3. The molecule has 6 heteroatoms. The lowest BCUT2D eigenvalue weighted by atomic mass is 10.1. The van der Waals surface area contributed by atoms with Crippen molar-refractivity contribution in [2.24, 2.45) is 0 Å². The number of fused-ring (bicyclic) bond motifs is 2.